The number of aromatic nitrogens is 1. The van der Waals surface area contributed by atoms with E-state index in [4.69, 9.17) is 9.72 Å². The lowest BCUT2D eigenvalue weighted by atomic mass is 10.1. The molecule has 1 aliphatic rings. The minimum absolute atomic E-state index is 0.202. The number of benzene rings is 2. The molecule has 0 atom stereocenters. The normalized spacial score (nSPS) is 14.3. The van der Waals surface area contributed by atoms with Gasteiger partial charge in [-0.1, -0.05) is 36.5 Å². The third kappa shape index (κ3) is 4.73. The Morgan fingerprint density at radius 3 is 2.57 bits per heavy atom. The lowest BCUT2D eigenvalue weighted by Crippen LogP contribution is -2.49. The van der Waals surface area contributed by atoms with Crippen molar-refractivity contribution in [2.24, 2.45) is 0 Å². The van der Waals surface area contributed by atoms with Gasteiger partial charge in [-0.25, -0.2) is 4.98 Å². The molecule has 5 nitrogen and oxygen atoms in total. The molecule has 30 heavy (non-hydrogen) atoms. The van der Waals surface area contributed by atoms with Crippen LogP contribution in [0.1, 0.15) is 19.4 Å². The highest BCUT2D eigenvalue weighted by Gasteiger charge is 2.23. The number of hydrogen-bond acceptors (Lipinski definition) is 6. The van der Waals surface area contributed by atoms with Crippen LogP contribution in [-0.4, -0.2) is 54.3 Å². The monoisotopic (exact) mass is 441 g/mol. The van der Waals surface area contributed by atoms with E-state index >= 15 is 0 Å². The number of amides is 1. The summed E-state index contributed by atoms with van der Waals surface area (Å²) in [6, 6.07) is 14.4. The molecule has 0 bridgehead atoms. The van der Waals surface area contributed by atoms with Gasteiger partial charge < -0.3 is 14.5 Å². The molecule has 1 aromatic heterocycles. The molecule has 0 N–H and O–H groups in total. The molecule has 0 spiro atoms. The number of carbonyl (C=O) groups is 1. The second kappa shape index (κ2) is 9.71. The smallest absolute Gasteiger partial charge is 0.227 e. The van der Waals surface area contributed by atoms with Crippen molar-refractivity contribution in [3.05, 3.63) is 48.0 Å². The van der Waals surface area contributed by atoms with Crippen LogP contribution >= 0.6 is 23.1 Å². The highest BCUT2D eigenvalue weighted by molar-refractivity contribution is 7.99. The number of fused-ring (bicyclic) bond motifs is 1. The van der Waals surface area contributed by atoms with Crippen molar-refractivity contribution in [3.63, 3.8) is 0 Å². The van der Waals surface area contributed by atoms with Crippen molar-refractivity contribution < 1.29 is 9.53 Å². The fourth-order valence-electron chi connectivity index (χ4n) is 3.62. The summed E-state index contributed by atoms with van der Waals surface area (Å²) in [7, 11) is 0. The van der Waals surface area contributed by atoms with E-state index in [1.165, 1.54) is 4.90 Å². The number of hydrogen-bond donors (Lipinski definition) is 0. The molecule has 2 heterocycles. The molecule has 158 valence electrons. The fraction of sp³-hybridized carbons (Fsp3) is 0.391. The molecule has 7 heteroatoms. The average Bonchev–Trinajstić information content (AvgIpc) is 3.21. The van der Waals surface area contributed by atoms with E-state index in [0.29, 0.717) is 13.0 Å². The second-order valence-corrected chi connectivity index (χ2v) is 9.50. The standard InChI is InChI=1S/C23H27N3O2S2/c1-3-28-19-6-5-7-20-22(19)24-23(30-20)26-14-12-25(13-15-26)21(27)16-17-8-10-18(11-9-17)29-4-2/h5-11H,3-4,12-16H2,1-2H3. The van der Waals surface area contributed by atoms with Gasteiger partial charge in [0.15, 0.2) is 5.13 Å². The molecule has 2 aromatic carbocycles. The zero-order valence-corrected chi connectivity index (χ0v) is 19.1. The molecule has 0 saturated carbocycles. The van der Waals surface area contributed by atoms with Gasteiger partial charge in [-0.15, -0.1) is 11.8 Å². The lowest BCUT2D eigenvalue weighted by Gasteiger charge is -2.34. The third-order valence-electron chi connectivity index (χ3n) is 5.16. The summed E-state index contributed by atoms with van der Waals surface area (Å²) in [4.78, 5) is 23.1. The van der Waals surface area contributed by atoms with Crippen LogP contribution in [0.15, 0.2) is 47.4 Å². The maximum absolute atomic E-state index is 12.8. The molecule has 0 unspecified atom stereocenters. The predicted molar refractivity (Wildman–Crippen MR) is 126 cm³/mol. The number of para-hydroxylation sites is 1. The van der Waals surface area contributed by atoms with Crippen LogP contribution in [0, 0.1) is 0 Å². The van der Waals surface area contributed by atoms with E-state index < -0.39 is 0 Å². The zero-order chi connectivity index (χ0) is 20.9. The van der Waals surface area contributed by atoms with Gasteiger partial charge >= 0.3 is 0 Å². The van der Waals surface area contributed by atoms with Gasteiger partial charge in [0.1, 0.15) is 11.3 Å². The van der Waals surface area contributed by atoms with Crippen molar-refractivity contribution in [2.75, 3.05) is 43.4 Å². The number of thiazole rings is 1. The number of thioether (sulfide) groups is 1. The molecule has 4 rings (SSSR count). The zero-order valence-electron chi connectivity index (χ0n) is 17.5. The molecule has 1 saturated heterocycles. The quantitative estimate of drug-likeness (QED) is 0.498. The molecule has 0 radical (unpaired) electrons. The Balaban J connectivity index is 1.36. The predicted octanol–water partition coefficient (Wildman–Crippen LogP) is 4.70. The Morgan fingerprint density at radius 1 is 1.10 bits per heavy atom. The molecule has 3 aromatic rings. The largest absolute Gasteiger partial charge is 0.492 e. The summed E-state index contributed by atoms with van der Waals surface area (Å²) >= 11 is 3.51. The van der Waals surface area contributed by atoms with Crippen LogP contribution in [-0.2, 0) is 11.2 Å². The van der Waals surface area contributed by atoms with Crippen LogP contribution in [0.3, 0.4) is 0 Å². The number of piperazine rings is 1. The first kappa shape index (κ1) is 21.0. The molecule has 1 fully saturated rings. The minimum Gasteiger partial charge on any atom is -0.492 e. The van der Waals surface area contributed by atoms with E-state index in [1.54, 1.807) is 11.3 Å². The van der Waals surface area contributed by atoms with E-state index in [2.05, 4.69) is 42.2 Å². The number of anilines is 1. The van der Waals surface area contributed by atoms with E-state index in [9.17, 15) is 4.79 Å². The van der Waals surface area contributed by atoms with E-state index in [-0.39, 0.29) is 5.91 Å². The maximum atomic E-state index is 12.8. The topological polar surface area (TPSA) is 45.7 Å². The van der Waals surface area contributed by atoms with Crippen LogP contribution in [0.4, 0.5) is 5.13 Å². The maximum Gasteiger partial charge on any atom is 0.227 e. The van der Waals surface area contributed by atoms with Gasteiger partial charge in [-0.05, 0) is 42.5 Å². The van der Waals surface area contributed by atoms with Gasteiger partial charge in [-0.3, -0.25) is 4.79 Å². The highest BCUT2D eigenvalue weighted by atomic mass is 32.2. The van der Waals surface area contributed by atoms with Crippen molar-refractivity contribution in [1.29, 1.82) is 0 Å². The Morgan fingerprint density at radius 2 is 1.87 bits per heavy atom. The first-order valence-electron chi connectivity index (χ1n) is 10.4. The summed E-state index contributed by atoms with van der Waals surface area (Å²) in [5.41, 5.74) is 2.01. The number of rotatable bonds is 7. The Labute approximate surface area is 186 Å². The van der Waals surface area contributed by atoms with Gasteiger partial charge in [0.2, 0.25) is 5.91 Å². The Bertz CT molecular complexity index is 995. The summed E-state index contributed by atoms with van der Waals surface area (Å²) in [6.45, 7) is 7.85. The van der Waals surface area contributed by atoms with Crippen LogP contribution in [0.2, 0.25) is 0 Å². The third-order valence-corrected chi connectivity index (χ3v) is 7.14. The SMILES string of the molecule is CCOc1cccc2sc(N3CCN(C(=O)Cc4ccc(SCC)cc4)CC3)nc12. The van der Waals surface area contributed by atoms with Crippen LogP contribution in [0.25, 0.3) is 10.2 Å². The first-order valence-corrected chi connectivity index (χ1v) is 12.2. The molecular formula is C23H27N3O2S2. The highest BCUT2D eigenvalue weighted by Crippen LogP contribution is 2.34. The molecule has 0 aliphatic carbocycles. The lowest BCUT2D eigenvalue weighted by molar-refractivity contribution is -0.130. The van der Waals surface area contributed by atoms with Crippen molar-refractivity contribution in [2.45, 2.75) is 25.2 Å². The Kier molecular flexibility index (Phi) is 6.79. The fourth-order valence-corrected chi connectivity index (χ4v) is 5.32. The number of carbonyl (C=O) groups excluding carboxylic acids is 1. The van der Waals surface area contributed by atoms with Crippen LogP contribution in [0.5, 0.6) is 5.75 Å². The number of ether oxygens (including phenoxy) is 1. The summed E-state index contributed by atoms with van der Waals surface area (Å²) in [5.74, 6) is 2.10. The average molecular weight is 442 g/mol. The van der Waals surface area contributed by atoms with Crippen molar-refractivity contribution in [3.8, 4) is 5.75 Å². The van der Waals surface area contributed by atoms with E-state index in [1.807, 2.05) is 35.7 Å². The summed E-state index contributed by atoms with van der Waals surface area (Å²) in [5, 5.41) is 1.01. The van der Waals surface area contributed by atoms with Crippen molar-refractivity contribution >= 4 is 44.4 Å². The van der Waals surface area contributed by atoms with Crippen LogP contribution < -0.4 is 9.64 Å². The van der Waals surface area contributed by atoms with Gasteiger partial charge in [0.25, 0.3) is 0 Å². The van der Waals surface area contributed by atoms with Crippen molar-refractivity contribution in [1.82, 2.24) is 9.88 Å². The second-order valence-electron chi connectivity index (χ2n) is 7.15. The number of nitrogens with zero attached hydrogens (tertiary/aromatic N) is 3. The summed E-state index contributed by atoms with van der Waals surface area (Å²) < 4.78 is 6.86. The van der Waals surface area contributed by atoms with Gasteiger partial charge in [0.05, 0.1) is 17.7 Å². The summed E-state index contributed by atoms with van der Waals surface area (Å²) in [6.07, 6.45) is 0.468. The van der Waals surface area contributed by atoms with E-state index in [0.717, 1.165) is 58.6 Å². The molecular weight excluding hydrogens is 414 g/mol. The minimum atomic E-state index is 0.202. The molecule has 1 aliphatic heterocycles. The molecule has 1 amide bonds. The Hall–Kier alpha value is -2.25. The van der Waals surface area contributed by atoms with Gasteiger partial charge in [-0.2, -0.15) is 0 Å². The first-order chi connectivity index (χ1) is 14.7. The van der Waals surface area contributed by atoms with Gasteiger partial charge in [0, 0.05) is 31.1 Å².